The van der Waals surface area contributed by atoms with Crippen molar-refractivity contribution in [1.82, 2.24) is 24.8 Å². The van der Waals surface area contributed by atoms with Crippen LogP contribution in [0.25, 0.3) is 4.83 Å². The number of hydrogen-bond donors (Lipinski definition) is 2. The molecule has 1 aliphatic heterocycles. The van der Waals surface area contributed by atoms with Crippen molar-refractivity contribution in [2.75, 3.05) is 38.7 Å². The van der Waals surface area contributed by atoms with Gasteiger partial charge in [-0.1, -0.05) is 0 Å². The zero-order chi connectivity index (χ0) is 25.0. The van der Waals surface area contributed by atoms with Gasteiger partial charge in [0.1, 0.15) is 4.83 Å². The summed E-state index contributed by atoms with van der Waals surface area (Å²) in [6, 6.07) is 1.68. The van der Waals surface area contributed by atoms with Gasteiger partial charge in [0.2, 0.25) is 0 Å². The minimum Gasteiger partial charge on any atom is -0.385 e. The molecule has 0 atom stereocenters. The van der Waals surface area contributed by atoms with Gasteiger partial charge in [0.05, 0.1) is 28.7 Å². The lowest BCUT2D eigenvalue weighted by Crippen LogP contribution is -2.43. The van der Waals surface area contributed by atoms with Crippen molar-refractivity contribution in [3.05, 3.63) is 46.4 Å². The molecule has 4 rings (SSSR count). The number of aromatic nitrogens is 3. The van der Waals surface area contributed by atoms with Crippen LogP contribution in [0.15, 0.2) is 24.7 Å². The predicted molar refractivity (Wildman–Crippen MR) is 137 cm³/mol. The molecule has 2 amide bonds. The van der Waals surface area contributed by atoms with Gasteiger partial charge >= 0.3 is 0 Å². The number of methoxy groups -OCH3 is 1. The average molecular weight is 499 g/mol. The van der Waals surface area contributed by atoms with Gasteiger partial charge < -0.3 is 15.4 Å². The molecular weight excluding hydrogens is 464 g/mol. The molecule has 0 aliphatic carbocycles. The quantitative estimate of drug-likeness (QED) is 0.415. The molecule has 0 aromatic carbocycles. The first-order valence-electron chi connectivity index (χ1n) is 12.0. The third-order valence-electron chi connectivity index (χ3n) is 6.60. The van der Waals surface area contributed by atoms with Crippen LogP contribution < -0.4 is 10.6 Å². The first kappa shape index (κ1) is 25.3. The lowest BCUT2D eigenvalue weighted by Gasteiger charge is -2.31. The van der Waals surface area contributed by atoms with Crippen molar-refractivity contribution in [2.45, 2.75) is 52.0 Å². The monoisotopic (exact) mass is 498 g/mol. The number of likely N-dealkylation sites (tertiary alicyclic amines) is 1. The fourth-order valence-electron chi connectivity index (χ4n) is 4.45. The third kappa shape index (κ3) is 5.88. The second-order valence-electron chi connectivity index (χ2n) is 9.57. The van der Waals surface area contributed by atoms with Crippen LogP contribution in [0.2, 0.25) is 0 Å². The zero-order valence-electron chi connectivity index (χ0n) is 20.9. The number of anilines is 1. The van der Waals surface area contributed by atoms with E-state index < -0.39 is 0 Å². The van der Waals surface area contributed by atoms with Crippen molar-refractivity contribution in [3.63, 3.8) is 0 Å². The lowest BCUT2D eigenvalue weighted by atomic mass is 10.0. The minimum atomic E-state index is -0.274. The SMILES string of the molecule is COCCCc1cn2ncc(C(=O)Nc3cc(C(=O)NCCN4CCCC4(C)C)cnc3C)c2s1. The molecule has 35 heavy (non-hydrogen) atoms. The maximum absolute atomic E-state index is 13.1. The molecule has 3 aromatic rings. The van der Waals surface area contributed by atoms with E-state index in [1.165, 1.54) is 12.8 Å². The Morgan fingerprint density at radius 3 is 2.83 bits per heavy atom. The molecule has 9 nitrogen and oxygen atoms in total. The van der Waals surface area contributed by atoms with Crippen molar-refractivity contribution < 1.29 is 14.3 Å². The van der Waals surface area contributed by atoms with Crippen LogP contribution in [0.1, 0.15) is 64.4 Å². The average Bonchev–Trinajstić information content (AvgIpc) is 3.49. The maximum Gasteiger partial charge on any atom is 0.260 e. The summed E-state index contributed by atoms with van der Waals surface area (Å²) in [7, 11) is 1.69. The van der Waals surface area contributed by atoms with E-state index in [1.54, 1.807) is 48.3 Å². The van der Waals surface area contributed by atoms with Gasteiger partial charge in [0.25, 0.3) is 11.8 Å². The van der Waals surface area contributed by atoms with Crippen molar-refractivity contribution in [1.29, 1.82) is 0 Å². The van der Waals surface area contributed by atoms with E-state index in [0.717, 1.165) is 35.6 Å². The highest BCUT2D eigenvalue weighted by Crippen LogP contribution is 2.27. The van der Waals surface area contributed by atoms with Crippen molar-refractivity contribution in [3.8, 4) is 0 Å². The number of pyridine rings is 1. The van der Waals surface area contributed by atoms with E-state index >= 15 is 0 Å². The zero-order valence-corrected chi connectivity index (χ0v) is 21.7. The molecule has 1 saturated heterocycles. The Balaban J connectivity index is 1.39. The van der Waals surface area contributed by atoms with E-state index in [1.807, 2.05) is 6.20 Å². The molecule has 0 spiro atoms. The van der Waals surface area contributed by atoms with Gasteiger partial charge in [-0.15, -0.1) is 11.3 Å². The summed E-state index contributed by atoms with van der Waals surface area (Å²) >= 11 is 1.55. The fraction of sp³-hybridized carbons (Fsp3) is 0.520. The smallest absolute Gasteiger partial charge is 0.260 e. The summed E-state index contributed by atoms with van der Waals surface area (Å²) in [6.07, 6.45) is 9.22. The summed E-state index contributed by atoms with van der Waals surface area (Å²) in [6.45, 7) is 9.43. The number of nitrogens with one attached hydrogen (secondary N) is 2. The Morgan fingerprint density at radius 2 is 2.09 bits per heavy atom. The minimum absolute atomic E-state index is 0.181. The van der Waals surface area contributed by atoms with E-state index in [4.69, 9.17) is 4.74 Å². The number of thiazole rings is 1. The number of amides is 2. The number of aryl methyl sites for hydroxylation is 2. The number of carbonyl (C=O) groups excluding carboxylic acids is 2. The van der Waals surface area contributed by atoms with Crippen molar-refractivity contribution in [2.24, 2.45) is 0 Å². The maximum atomic E-state index is 13.1. The summed E-state index contributed by atoms with van der Waals surface area (Å²) < 4.78 is 6.85. The van der Waals surface area contributed by atoms with Gasteiger partial charge in [-0.3, -0.25) is 19.5 Å². The lowest BCUT2D eigenvalue weighted by molar-refractivity contribution is 0.0938. The highest BCUT2D eigenvalue weighted by atomic mass is 32.1. The molecule has 0 saturated carbocycles. The molecule has 10 heteroatoms. The fourth-order valence-corrected chi connectivity index (χ4v) is 5.55. The summed E-state index contributed by atoms with van der Waals surface area (Å²) in [5, 5.41) is 10.2. The number of carbonyl (C=O) groups is 2. The standard InChI is InChI=1S/C25H34N6O3S/c1-17-21(13-18(14-27-17)22(32)26-9-11-30-10-6-8-25(30,2)3)29-23(33)20-15-28-31-16-19(35-24(20)31)7-5-12-34-4/h13-16H,5-12H2,1-4H3,(H,26,32)(H,29,33). The Bertz CT molecular complexity index is 1200. The summed E-state index contributed by atoms with van der Waals surface area (Å²) in [5.41, 5.74) is 2.25. The third-order valence-corrected chi connectivity index (χ3v) is 7.77. The molecule has 0 radical (unpaired) electrons. The Morgan fingerprint density at radius 1 is 1.26 bits per heavy atom. The highest BCUT2D eigenvalue weighted by Gasteiger charge is 2.31. The van der Waals surface area contributed by atoms with Crippen LogP contribution in [-0.2, 0) is 11.2 Å². The number of fused-ring (bicyclic) bond motifs is 1. The number of rotatable bonds is 10. The number of hydrogen-bond acceptors (Lipinski definition) is 7. The Hall–Kier alpha value is -2.82. The Kier molecular flexibility index (Phi) is 7.83. The van der Waals surface area contributed by atoms with E-state index in [-0.39, 0.29) is 17.4 Å². The van der Waals surface area contributed by atoms with Crippen LogP contribution in [0.4, 0.5) is 5.69 Å². The van der Waals surface area contributed by atoms with Gasteiger partial charge in [-0.2, -0.15) is 5.10 Å². The second-order valence-corrected chi connectivity index (χ2v) is 10.7. The van der Waals surface area contributed by atoms with Crippen LogP contribution in [0, 0.1) is 6.92 Å². The molecule has 4 heterocycles. The number of ether oxygens (including phenoxy) is 1. The first-order chi connectivity index (χ1) is 16.8. The molecule has 3 aromatic heterocycles. The topological polar surface area (TPSA) is 101 Å². The van der Waals surface area contributed by atoms with E-state index in [9.17, 15) is 9.59 Å². The largest absolute Gasteiger partial charge is 0.385 e. The second kappa shape index (κ2) is 10.8. The van der Waals surface area contributed by atoms with E-state index in [0.29, 0.717) is 35.7 Å². The molecule has 2 N–H and O–H groups in total. The Labute approximate surface area is 209 Å². The first-order valence-corrected chi connectivity index (χ1v) is 12.9. The molecule has 1 fully saturated rings. The van der Waals surface area contributed by atoms with Crippen LogP contribution in [0.5, 0.6) is 0 Å². The molecule has 0 bridgehead atoms. The molecule has 1 aliphatic rings. The molecule has 188 valence electrons. The normalized spacial score (nSPS) is 15.5. The van der Waals surface area contributed by atoms with Crippen LogP contribution in [0.3, 0.4) is 0 Å². The van der Waals surface area contributed by atoms with Gasteiger partial charge in [0.15, 0.2) is 0 Å². The number of nitrogens with zero attached hydrogens (tertiary/aromatic N) is 4. The van der Waals surface area contributed by atoms with Crippen LogP contribution in [-0.4, -0.2) is 70.2 Å². The van der Waals surface area contributed by atoms with E-state index in [2.05, 4.69) is 39.5 Å². The summed E-state index contributed by atoms with van der Waals surface area (Å²) in [4.78, 5) is 34.5. The molecular formula is C25H34N6O3S. The van der Waals surface area contributed by atoms with Crippen molar-refractivity contribution >= 4 is 33.7 Å². The van der Waals surface area contributed by atoms with Gasteiger partial charge in [0, 0.05) is 49.6 Å². The summed E-state index contributed by atoms with van der Waals surface area (Å²) in [5.74, 6) is -0.471. The predicted octanol–water partition coefficient (Wildman–Crippen LogP) is 3.53. The van der Waals surface area contributed by atoms with Gasteiger partial charge in [-0.25, -0.2) is 4.52 Å². The van der Waals surface area contributed by atoms with Gasteiger partial charge in [-0.05, 0) is 59.1 Å². The highest BCUT2D eigenvalue weighted by molar-refractivity contribution is 7.17. The van der Waals surface area contributed by atoms with Crippen LogP contribution >= 0.6 is 11.3 Å². The molecule has 0 unspecified atom stereocenters.